The number of carbonyl (C=O) groups is 1. The van der Waals surface area contributed by atoms with Crippen molar-refractivity contribution in [3.05, 3.63) is 45.8 Å². The molecule has 1 amide bonds. The Kier molecular flexibility index (Phi) is 4.35. The Morgan fingerprint density at radius 1 is 1.52 bits per heavy atom. The predicted octanol–water partition coefficient (Wildman–Crippen LogP) is 1.52. The molecule has 0 spiro atoms. The molecule has 2 aromatic heterocycles. The number of amides is 1. The predicted molar refractivity (Wildman–Crippen MR) is 81.1 cm³/mol. The Bertz CT molecular complexity index is 697. The molecule has 1 aliphatic heterocycles. The van der Waals surface area contributed by atoms with Crippen LogP contribution in [0.1, 0.15) is 17.0 Å². The van der Waals surface area contributed by atoms with Crippen molar-refractivity contribution in [1.29, 1.82) is 0 Å². The fourth-order valence-corrected chi connectivity index (χ4v) is 3.64. The van der Waals surface area contributed by atoms with Gasteiger partial charge in [-0.05, 0) is 12.1 Å². The topological polar surface area (TPSA) is 88.0 Å². The highest BCUT2D eigenvalue weighted by molar-refractivity contribution is 7.99. The highest BCUT2D eigenvalue weighted by Gasteiger charge is 2.18. The molecular weight excluding hydrogens is 310 g/mol. The van der Waals surface area contributed by atoms with Crippen LogP contribution in [0.25, 0.3) is 0 Å². The zero-order valence-corrected chi connectivity index (χ0v) is 12.7. The number of furan rings is 1. The normalized spacial score (nSPS) is 13.1. The molecule has 1 aliphatic rings. The van der Waals surface area contributed by atoms with E-state index in [0.29, 0.717) is 23.2 Å². The van der Waals surface area contributed by atoms with Gasteiger partial charge in [-0.3, -0.25) is 9.59 Å². The van der Waals surface area contributed by atoms with Gasteiger partial charge in [0.15, 0.2) is 5.16 Å². The number of nitrogens with one attached hydrogen (secondary N) is 2. The number of aromatic nitrogens is 2. The van der Waals surface area contributed by atoms with Crippen LogP contribution in [0.2, 0.25) is 0 Å². The van der Waals surface area contributed by atoms with Crippen LogP contribution < -0.4 is 10.9 Å². The van der Waals surface area contributed by atoms with Crippen LogP contribution in [0.4, 0.5) is 0 Å². The molecule has 6 nitrogen and oxygen atoms in total. The van der Waals surface area contributed by atoms with Gasteiger partial charge in [-0.15, -0.1) is 0 Å². The number of hydrogen-bond acceptors (Lipinski definition) is 6. The highest BCUT2D eigenvalue weighted by Crippen LogP contribution is 2.26. The molecule has 2 aromatic rings. The third-order valence-electron chi connectivity index (χ3n) is 2.94. The first-order valence-electron chi connectivity index (χ1n) is 6.34. The molecular formula is C13H13N3O3S2. The summed E-state index contributed by atoms with van der Waals surface area (Å²) in [6.07, 6.45) is 1.56. The summed E-state index contributed by atoms with van der Waals surface area (Å²) in [5, 5.41) is 3.24. The van der Waals surface area contributed by atoms with E-state index < -0.39 is 0 Å². The number of fused-ring (bicyclic) bond motifs is 1. The molecule has 0 saturated carbocycles. The molecule has 3 rings (SSSR count). The molecule has 110 valence electrons. The first-order valence-corrected chi connectivity index (χ1v) is 8.48. The van der Waals surface area contributed by atoms with Crippen LogP contribution in [0, 0.1) is 0 Å². The van der Waals surface area contributed by atoms with Gasteiger partial charge in [0.05, 0.1) is 24.3 Å². The van der Waals surface area contributed by atoms with Gasteiger partial charge in [-0.2, -0.15) is 11.8 Å². The molecule has 8 heteroatoms. The summed E-state index contributed by atoms with van der Waals surface area (Å²) < 4.78 is 5.13. The Morgan fingerprint density at radius 2 is 2.43 bits per heavy atom. The SMILES string of the molecule is O=C(CSc1nc2c(c(=O)[nH]1)CSC2)NCc1ccco1. The van der Waals surface area contributed by atoms with E-state index in [1.54, 1.807) is 30.2 Å². The van der Waals surface area contributed by atoms with Crippen molar-refractivity contribution in [1.82, 2.24) is 15.3 Å². The Labute approximate surface area is 129 Å². The van der Waals surface area contributed by atoms with E-state index in [0.717, 1.165) is 17.0 Å². The van der Waals surface area contributed by atoms with Gasteiger partial charge >= 0.3 is 0 Å². The third-order valence-corrected chi connectivity index (χ3v) is 4.79. The Balaban J connectivity index is 1.54. The van der Waals surface area contributed by atoms with Gasteiger partial charge in [0.1, 0.15) is 5.76 Å². The van der Waals surface area contributed by atoms with Crippen LogP contribution in [-0.2, 0) is 22.8 Å². The summed E-state index contributed by atoms with van der Waals surface area (Å²) in [6, 6.07) is 3.57. The van der Waals surface area contributed by atoms with Gasteiger partial charge < -0.3 is 14.7 Å². The summed E-state index contributed by atoms with van der Waals surface area (Å²) in [5.41, 5.74) is 1.50. The monoisotopic (exact) mass is 323 g/mol. The maximum absolute atomic E-state index is 11.8. The van der Waals surface area contributed by atoms with E-state index >= 15 is 0 Å². The second-order valence-electron chi connectivity index (χ2n) is 4.43. The quantitative estimate of drug-likeness (QED) is 0.641. The number of H-pyrrole nitrogens is 1. The lowest BCUT2D eigenvalue weighted by Crippen LogP contribution is -2.24. The molecule has 0 bridgehead atoms. The van der Waals surface area contributed by atoms with E-state index in [1.165, 1.54) is 11.8 Å². The van der Waals surface area contributed by atoms with Crippen LogP contribution >= 0.6 is 23.5 Å². The molecule has 0 atom stereocenters. The maximum atomic E-state index is 11.8. The maximum Gasteiger partial charge on any atom is 0.255 e. The Hall–Kier alpha value is -1.67. The molecule has 0 aliphatic carbocycles. The minimum atomic E-state index is -0.131. The largest absolute Gasteiger partial charge is 0.467 e. The summed E-state index contributed by atoms with van der Waals surface area (Å²) >= 11 is 2.90. The number of thioether (sulfide) groups is 2. The molecule has 0 saturated heterocycles. The molecule has 3 heterocycles. The van der Waals surface area contributed by atoms with E-state index in [-0.39, 0.29) is 17.2 Å². The first kappa shape index (κ1) is 14.3. The smallest absolute Gasteiger partial charge is 0.255 e. The summed E-state index contributed by atoms with van der Waals surface area (Å²) in [7, 11) is 0. The lowest BCUT2D eigenvalue weighted by molar-refractivity contribution is -0.118. The second kappa shape index (κ2) is 6.40. The minimum absolute atomic E-state index is 0.0940. The third kappa shape index (κ3) is 3.51. The average molecular weight is 323 g/mol. The van der Waals surface area contributed by atoms with E-state index in [1.807, 2.05) is 0 Å². The van der Waals surface area contributed by atoms with Crippen molar-refractivity contribution in [3.8, 4) is 0 Å². The zero-order chi connectivity index (χ0) is 14.7. The fourth-order valence-electron chi connectivity index (χ4n) is 1.89. The molecule has 0 radical (unpaired) electrons. The summed E-state index contributed by atoms with van der Waals surface area (Å²) in [6.45, 7) is 0.358. The van der Waals surface area contributed by atoms with Crippen molar-refractivity contribution >= 4 is 29.4 Å². The number of hydrogen-bond donors (Lipinski definition) is 2. The first-order chi connectivity index (χ1) is 10.2. The van der Waals surface area contributed by atoms with Gasteiger partial charge in [-0.25, -0.2) is 4.98 Å². The van der Waals surface area contributed by atoms with Gasteiger partial charge in [0.2, 0.25) is 5.91 Å². The summed E-state index contributed by atoms with van der Waals surface area (Å²) in [5.74, 6) is 2.25. The molecule has 2 N–H and O–H groups in total. The van der Waals surface area contributed by atoms with Crippen LogP contribution in [0.15, 0.2) is 32.8 Å². The highest BCUT2D eigenvalue weighted by atomic mass is 32.2. The van der Waals surface area contributed by atoms with E-state index in [2.05, 4.69) is 15.3 Å². The van der Waals surface area contributed by atoms with Crippen LogP contribution in [-0.4, -0.2) is 21.6 Å². The molecule has 0 fully saturated rings. The lowest BCUT2D eigenvalue weighted by atomic mass is 10.3. The van der Waals surface area contributed by atoms with Crippen molar-refractivity contribution in [2.24, 2.45) is 0 Å². The zero-order valence-electron chi connectivity index (χ0n) is 11.0. The number of nitrogens with zero attached hydrogens (tertiary/aromatic N) is 1. The van der Waals surface area contributed by atoms with Crippen molar-refractivity contribution in [2.45, 2.75) is 23.2 Å². The fraction of sp³-hybridized carbons (Fsp3) is 0.308. The van der Waals surface area contributed by atoms with Crippen LogP contribution in [0.3, 0.4) is 0 Å². The van der Waals surface area contributed by atoms with Gasteiger partial charge in [0.25, 0.3) is 5.56 Å². The number of aromatic amines is 1. The van der Waals surface area contributed by atoms with E-state index in [9.17, 15) is 9.59 Å². The van der Waals surface area contributed by atoms with E-state index in [4.69, 9.17) is 4.42 Å². The number of carbonyl (C=O) groups excluding carboxylic acids is 1. The molecule has 0 unspecified atom stereocenters. The Morgan fingerprint density at radius 3 is 3.24 bits per heavy atom. The molecule has 21 heavy (non-hydrogen) atoms. The van der Waals surface area contributed by atoms with Crippen LogP contribution in [0.5, 0.6) is 0 Å². The molecule has 0 aromatic carbocycles. The lowest BCUT2D eigenvalue weighted by Gasteiger charge is -2.04. The van der Waals surface area contributed by atoms with Gasteiger partial charge in [0, 0.05) is 17.1 Å². The van der Waals surface area contributed by atoms with Crippen molar-refractivity contribution in [3.63, 3.8) is 0 Å². The number of rotatable bonds is 5. The second-order valence-corrected chi connectivity index (χ2v) is 6.38. The van der Waals surface area contributed by atoms with Crippen molar-refractivity contribution < 1.29 is 9.21 Å². The summed E-state index contributed by atoms with van der Waals surface area (Å²) in [4.78, 5) is 30.7. The van der Waals surface area contributed by atoms with Crippen molar-refractivity contribution in [2.75, 3.05) is 5.75 Å². The van der Waals surface area contributed by atoms with Gasteiger partial charge in [-0.1, -0.05) is 11.8 Å². The minimum Gasteiger partial charge on any atom is -0.467 e. The standard InChI is InChI=1S/C13H13N3O3S2/c17-11(14-4-8-2-1-3-19-8)7-21-13-15-10-6-20-5-9(10)12(18)16-13/h1-3H,4-7H2,(H,14,17)(H,15,16,18). The average Bonchev–Trinajstić information content (AvgIpc) is 3.14.